The Morgan fingerprint density at radius 1 is 1.38 bits per heavy atom. The summed E-state index contributed by atoms with van der Waals surface area (Å²) in [5.74, 6) is 0.914. The average Bonchev–Trinajstić information content (AvgIpc) is 2.35. The summed E-state index contributed by atoms with van der Waals surface area (Å²) >= 11 is 0. The number of nitrogens with one attached hydrogen (secondary N) is 1. The molecule has 1 aliphatic heterocycles. The summed E-state index contributed by atoms with van der Waals surface area (Å²) in [4.78, 5) is 0. The topological polar surface area (TPSA) is 21.3 Å². The standard InChI is InChI=1S/C14H19NO/c1-3-4-5-12-7-6-11-10-13(16-2)8-9-14(11)15-12/h6-10,12,15H,3-5H2,1-2H3. The summed E-state index contributed by atoms with van der Waals surface area (Å²) in [5, 5.41) is 3.54. The average molecular weight is 217 g/mol. The van der Waals surface area contributed by atoms with Crippen LogP contribution in [0.2, 0.25) is 0 Å². The van der Waals surface area contributed by atoms with E-state index in [4.69, 9.17) is 4.74 Å². The maximum Gasteiger partial charge on any atom is 0.119 e. The second-order valence-corrected chi connectivity index (χ2v) is 4.21. The first kappa shape index (κ1) is 11.1. The van der Waals surface area contributed by atoms with Crippen LogP contribution < -0.4 is 10.1 Å². The van der Waals surface area contributed by atoms with Gasteiger partial charge in [-0.1, -0.05) is 31.9 Å². The van der Waals surface area contributed by atoms with E-state index >= 15 is 0 Å². The molecule has 1 aromatic rings. The molecule has 1 unspecified atom stereocenters. The monoisotopic (exact) mass is 217 g/mol. The smallest absolute Gasteiger partial charge is 0.119 e. The molecule has 16 heavy (non-hydrogen) atoms. The summed E-state index contributed by atoms with van der Waals surface area (Å²) in [6, 6.07) is 6.65. The number of hydrogen-bond donors (Lipinski definition) is 1. The van der Waals surface area contributed by atoms with Crippen molar-refractivity contribution in [2.45, 2.75) is 32.2 Å². The van der Waals surface area contributed by atoms with Gasteiger partial charge in [-0.2, -0.15) is 0 Å². The van der Waals surface area contributed by atoms with Gasteiger partial charge >= 0.3 is 0 Å². The Hall–Kier alpha value is -1.44. The highest BCUT2D eigenvalue weighted by atomic mass is 16.5. The third-order valence-electron chi connectivity index (χ3n) is 2.98. The Balaban J connectivity index is 2.10. The normalized spacial score (nSPS) is 17.8. The van der Waals surface area contributed by atoms with Crippen molar-refractivity contribution < 1.29 is 4.74 Å². The van der Waals surface area contributed by atoms with Gasteiger partial charge in [0.1, 0.15) is 5.75 Å². The van der Waals surface area contributed by atoms with Crippen LogP contribution in [0.25, 0.3) is 6.08 Å². The van der Waals surface area contributed by atoms with Crippen LogP contribution in [0.15, 0.2) is 24.3 Å². The highest BCUT2D eigenvalue weighted by Gasteiger charge is 2.12. The fourth-order valence-electron chi connectivity index (χ4n) is 2.00. The maximum atomic E-state index is 5.21. The first-order valence-electron chi connectivity index (χ1n) is 5.96. The largest absolute Gasteiger partial charge is 0.497 e. The SMILES string of the molecule is CCCCC1C=Cc2cc(OC)ccc2N1. The summed E-state index contributed by atoms with van der Waals surface area (Å²) in [5.41, 5.74) is 2.43. The molecule has 0 spiro atoms. The molecule has 0 amide bonds. The fourth-order valence-corrected chi connectivity index (χ4v) is 2.00. The molecule has 0 saturated heterocycles. The highest BCUT2D eigenvalue weighted by Crippen LogP contribution is 2.28. The molecule has 1 atom stereocenters. The van der Waals surface area contributed by atoms with Crippen LogP contribution >= 0.6 is 0 Å². The van der Waals surface area contributed by atoms with Gasteiger partial charge in [0.2, 0.25) is 0 Å². The molecule has 2 heteroatoms. The Morgan fingerprint density at radius 2 is 2.25 bits per heavy atom. The third kappa shape index (κ3) is 2.38. The fraction of sp³-hybridized carbons (Fsp3) is 0.429. The van der Waals surface area contributed by atoms with E-state index in [0.717, 1.165) is 5.75 Å². The van der Waals surface area contributed by atoms with Gasteiger partial charge in [0.25, 0.3) is 0 Å². The van der Waals surface area contributed by atoms with E-state index in [1.165, 1.54) is 30.5 Å². The van der Waals surface area contributed by atoms with E-state index < -0.39 is 0 Å². The van der Waals surface area contributed by atoms with Crippen molar-refractivity contribution in [3.05, 3.63) is 29.8 Å². The third-order valence-corrected chi connectivity index (χ3v) is 2.98. The van der Waals surface area contributed by atoms with Gasteiger partial charge in [0, 0.05) is 17.3 Å². The Kier molecular flexibility index (Phi) is 3.50. The number of methoxy groups -OCH3 is 1. The molecule has 86 valence electrons. The zero-order chi connectivity index (χ0) is 11.4. The van der Waals surface area contributed by atoms with E-state index in [-0.39, 0.29) is 0 Å². The molecule has 0 aromatic heterocycles. The molecular formula is C14H19NO. The van der Waals surface area contributed by atoms with Crippen LogP contribution in [0, 0.1) is 0 Å². The molecule has 1 aromatic carbocycles. The van der Waals surface area contributed by atoms with Crippen molar-refractivity contribution in [1.82, 2.24) is 0 Å². The van der Waals surface area contributed by atoms with Crippen molar-refractivity contribution >= 4 is 11.8 Å². The van der Waals surface area contributed by atoms with Crippen molar-refractivity contribution in [3.8, 4) is 5.75 Å². The minimum atomic E-state index is 0.487. The minimum absolute atomic E-state index is 0.487. The quantitative estimate of drug-likeness (QED) is 0.830. The molecule has 0 fully saturated rings. The number of fused-ring (bicyclic) bond motifs is 1. The van der Waals surface area contributed by atoms with Crippen LogP contribution in [0.1, 0.15) is 31.7 Å². The van der Waals surface area contributed by atoms with Gasteiger partial charge in [-0.15, -0.1) is 0 Å². The van der Waals surface area contributed by atoms with E-state index in [1.807, 2.05) is 6.07 Å². The second kappa shape index (κ2) is 5.06. The lowest BCUT2D eigenvalue weighted by Crippen LogP contribution is -2.19. The van der Waals surface area contributed by atoms with Crippen LogP contribution in [0.4, 0.5) is 5.69 Å². The van der Waals surface area contributed by atoms with Gasteiger partial charge in [-0.25, -0.2) is 0 Å². The molecule has 0 saturated carbocycles. The molecule has 2 rings (SSSR count). The molecule has 1 aliphatic rings. The van der Waals surface area contributed by atoms with Crippen LogP contribution in [0.5, 0.6) is 5.75 Å². The maximum absolute atomic E-state index is 5.21. The van der Waals surface area contributed by atoms with Crippen LogP contribution in [0.3, 0.4) is 0 Å². The Bertz CT molecular complexity index is 384. The Labute approximate surface area is 97.3 Å². The molecule has 1 heterocycles. The van der Waals surface area contributed by atoms with E-state index in [9.17, 15) is 0 Å². The zero-order valence-electron chi connectivity index (χ0n) is 9.99. The van der Waals surface area contributed by atoms with Gasteiger partial charge in [-0.05, 0) is 24.6 Å². The van der Waals surface area contributed by atoms with Gasteiger partial charge in [0.15, 0.2) is 0 Å². The van der Waals surface area contributed by atoms with Gasteiger partial charge in [-0.3, -0.25) is 0 Å². The van der Waals surface area contributed by atoms with Crippen LogP contribution in [-0.4, -0.2) is 13.2 Å². The zero-order valence-corrected chi connectivity index (χ0v) is 9.99. The van der Waals surface area contributed by atoms with Crippen molar-refractivity contribution in [1.29, 1.82) is 0 Å². The predicted octanol–water partition coefficient (Wildman–Crippen LogP) is 3.69. The Morgan fingerprint density at radius 3 is 3.00 bits per heavy atom. The first-order chi connectivity index (χ1) is 7.83. The number of rotatable bonds is 4. The molecule has 0 aliphatic carbocycles. The summed E-state index contributed by atoms with van der Waals surface area (Å²) in [6.45, 7) is 2.23. The van der Waals surface area contributed by atoms with E-state index in [0.29, 0.717) is 6.04 Å². The molecular weight excluding hydrogens is 198 g/mol. The van der Waals surface area contributed by atoms with Crippen molar-refractivity contribution in [2.75, 3.05) is 12.4 Å². The number of benzene rings is 1. The molecule has 1 N–H and O–H groups in total. The summed E-state index contributed by atoms with van der Waals surface area (Å²) in [6.07, 6.45) is 8.17. The first-order valence-corrected chi connectivity index (χ1v) is 5.96. The van der Waals surface area contributed by atoms with Crippen molar-refractivity contribution in [3.63, 3.8) is 0 Å². The molecule has 0 radical (unpaired) electrons. The molecule has 0 bridgehead atoms. The lowest BCUT2D eigenvalue weighted by Gasteiger charge is -2.22. The number of unbranched alkanes of at least 4 members (excludes halogenated alkanes) is 1. The summed E-state index contributed by atoms with van der Waals surface area (Å²) < 4.78 is 5.21. The van der Waals surface area contributed by atoms with E-state index in [2.05, 4.69) is 36.5 Å². The minimum Gasteiger partial charge on any atom is -0.497 e. The van der Waals surface area contributed by atoms with Gasteiger partial charge < -0.3 is 10.1 Å². The summed E-state index contributed by atoms with van der Waals surface area (Å²) in [7, 11) is 1.70. The van der Waals surface area contributed by atoms with Crippen LogP contribution in [-0.2, 0) is 0 Å². The van der Waals surface area contributed by atoms with Crippen molar-refractivity contribution in [2.24, 2.45) is 0 Å². The lowest BCUT2D eigenvalue weighted by molar-refractivity contribution is 0.414. The van der Waals surface area contributed by atoms with E-state index in [1.54, 1.807) is 7.11 Å². The lowest BCUT2D eigenvalue weighted by atomic mass is 10.0. The number of hydrogen-bond acceptors (Lipinski definition) is 2. The second-order valence-electron chi connectivity index (χ2n) is 4.21. The van der Waals surface area contributed by atoms with Gasteiger partial charge in [0.05, 0.1) is 7.11 Å². The highest BCUT2D eigenvalue weighted by molar-refractivity contribution is 5.72. The predicted molar refractivity (Wildman–Crippen MR) is 69.0 cm³/mol. The molecule has 2 nitrogen and oxygen atoms in total. The number of ether oxygens (including phenoxy) is 1. The number of anilines is 1.